The third kappa shape index (κ3) is 3.59. The number of hydrogen-bond acceptors (Lipinski definition) is 5. The molecule has 1 aromatic carbocycles. The van der Waals surface area contributed by atoms with Crippen molar-refractivity contribution in [3.8, 4) is 0 Å². The fourth-order valence-corrected chi connectivity index (χ4v) is 2.10. The van der Waals surface area contributed by atoms with Crippen LogP contribution in [0.1, 0.15) is 11.7 Å². The van der Waals surface area contributed by atoms with E-state index in [9.17, 15) is 19.8 Å². The normalized spacial score (nSPS) is 14.0. The summed E-state index contributed by atoms with van der Waals surface area (Å²) in [4.78, 5) is 22.0. The van der Waals surface area contributed by atoms with Gasteiger partial charge >= 0.3 is 5.63 Å². The molecule has 0 spiro atoms. The summed E-state index contributed by atoms with van der Waals surface area (Å²) in [6.07, 6.45) is -1.47. The predicted octanol–water partition coefficient (Wildman–Crippen LogP) is 1.11. The second kappa shape index (κ2) is 7.11. The summed E-state index contributed by atoms with van der Waals surface area (Å²) in [5.74, 6) is -0.786. The average Bonchev–Trinajstić information content (AvgIpc) is 2.50. The number of carbonyl (C=O) groups excluding carboxylic acids is 1. The van der Waals surface area contributed by atoms with Crippen LogP contribution in [0.4, 0.5) is 0 Å². The third-order valence-corrected chi connectivity index (χ3v) is 3.49. The highest BCUT2D eigenvalue weighted by atomic mass is 35.5. The van der Waals surface area contributed by atoms with Gasteiger partial charge in [-0.15, -0.1) is 0 Å². The lowest BCUT2D eigenvalue weighted by Gasteiger charge is -2.22. The van der Waals surface area contributed by atoms with Crippen LogP contribution in [0.2, 0.25) is 0 Å². The van der Waals surface area contributed by atoms with Gasteiger partial charge in [-0.3, -0.25) is 4.79 Å². The minimum Gasteiger partial charge on any atom is -0.422 e. The number of aliphatic hydroxyl groups excluding tert-OH is 2. The van der Waals surface area contributed by atoms with Gasteiger partial charge in [-0.05, 0) is 12.1 Å². The molecule has 2 rings (SSSR count). The molecule has 2 aromatic rings. The second-order valence-electron chi connectivity index (χ2n) is 4.57. The molecule has 1 aromatic heterocycles. The lowest BCUT2D eigenvalue weighted by atomic mass is 10.0. The number of para-hydroxylation sites is 1. The maximum atomic E-state index is 11.9. The highest BCUT2D eigenvalue weighted by Crippen LogP contribution is 2.19. The Morgan fingerprint density at radius 3 is 2.64 bits per heavy atom. The Hall–Kier alpha value is -1.60. The average molecular weight is 346 g/mol. The van der Waals surface area contributed by atoms with Gasteiger partial charge in [0.15, 0.2) is 4.84 Å². The van der Waals surface area contributed by atoms with Crippen molar-refractivity contribution in [2.24, 2.45) is 0 Å². The standard InChI is InChI=1S/C14H13Cl2NO5/c15-12(16)13(20)17-9(6-18)11(19)8-5-7-3-1-2-4-10(7)22-14(8)21/h1-5,9,11-12,18-19H,6H2,(H,17,20). The molecule has 2 unspecified atom stereocenters. The zero-order valence-corrected chi connectivity index (χ0v) is 12.7. The van der Waals surface area contributed by atoms with Crippen molar-refractivity contribution in [2.75, 3.05) is 6.61 Å². The molecular formula is C14H13Cl2NO5. The first-order valence-corrected chi connectivity index (χ1v) is 7.21. The molecule has 6 nitrogen and oxygen atoms in total. The Morgan fingerprint density at radius 2 is 2.00 bits per heavy atom. The summed E-state index contributed by atoms with van der Waals surface area (Å²) in [5.41, 5.74) is -0.472. The summed E-state index contributed by atoms with van der Waals surface area (Å²) in [6, 6.07) is 7.07. The SMILES string of the molecule is O=C(NC(CO)C(O)c1cc2ccccc2oc1=O)C(Cl)Cl. The highest BCUT2D eigenvalue weighted by Gasteiger charge is 2.27. The molecule has 22 heavy (non-hydrogen) atoms. The number of alkyl halides is 2. The fourth-order valence-electron chi connectivity index (χ4n) is 1.97. The van der Waals surface area contributed by atoms with Crippen LogP contribution in [-0.2, 0) is 4.79 Å². The van der Waals surface area contributed by atoms with Gasteiger partial charge in [-0.1, -0.05) is 41.4 Å². The first kappa shape index (κ1) is 16.8. The first-order chi connectivity index (χ1) is 10.4. The van der Waals surface area contributed by atoms with E-state index in [0.717, 1.165) is 0 Å². The van der Waals surface area contributed by atoms with E-state index in [1.807, 2.05) is 0 Å². The van der Waals surface area contributed by atoms with E-state index < -0.39 is 35.1 Å². The number of hydrogen-bond donors (Lipinski definition) is 3. The molecule has 0 aliphatic carbocycles. The van der Waals surface area contributed by atoms with Gasteiger partial charge in [-0.2, -0.15) is 0 Å². The smallest absolute Gasteiger partial charge is 0.342 e. The number of amides is 1. The molecule has 0 aliphatic heterocycles. The maximum Gasteiger partial charge on any atom is 0.342 e. The van der Waals surface area contributed by atoms with Gasteiger partial charge in [-0.25, -0.2) is 4.79 Å². The van der Waals surface area contributed by atoms with Gasteiger partial charge < -0.3 is 19.9 Å². The van der Waals surface area contributed by atoms with Crippen molar-refractivity contribution in [3.05, 3.63) is 46.3 Å². The third-order valence-electron chi connectivity index (χ3n) is 3.09. The number of benzene rings is 1. The summed E-state index contributed by atoms with van der Waals surface area (Å²) < 4.78 is 5.10. The van der Waals surface area contributed by atoms with E-state index in [1.54, 1.807) is 24.3 Å². The van der Waals surface area contributed by atoms with Crippen LogP contribution in [0.25, 0.3) is 11.0 Å². The predicted molar refractivity (Wildman–Crippen MR) is 82.0 cm³/mol. The molecule has 0 bridgehead atoms. The topological polar surface area (TPSA) is 99.8 Å². The lowest BCUT2D eigenvalue weighted by molar-refractivity contribution is -0.121. The van der Waals surface area contributed by atoms with Crippen molar-refractivity contribution in [1.29, 1.82) is 0 Å². The van der Waals surface area contributed by atoms with Gasteiger partial charge in [0.05, 0.1) is 18.2 Å². The Morgan fingerprint density at radius 1 is 1.32 bits per heavy atom. The van der Waals surface area contributed by atoms with Gasteiger partial charge in [0.1, 0.15) is 11.7 Å². The van der Waals surface area contributed by atoms with E-state index in [-0.39, 0.29) is 5.56 Å². The molecule has 0 saturated carbocycles. The summed E-state index contributed by atoms with van der Waals surface area (Å²) in [7, 11) is 0. The van der Waals surface area contributed by atoms with Gasteiger partial charge in [0, 0.05) is 5.39 Å². The van der Waals surface area contributed by atoms with Crippen LogP contribution in [0.3, 0.4) is 0 Å². The Bertz CT molecular complexity index is 730. The second-order valence-corrected chi connectivity index (χ2v) is 5.67. The minimum absolute atomic E-state index is 0.0845. The van der Waals surface area contributed by atoms with Crippen molar-refractivity contribution >= 4 is 40.1 Å². The zero-order chi connectivity index (χ0) is 16.3. The molecule has 0 aliphatic rings. The van der Waals surface area contributed by atoms with E-state index >= 15 is 0 Å². The van der Waals surface area contributed by atoms with E-state index in [4.69, 9.17) is 27.6 Å². The number of fused-ring (bicyclic) bond motifs is 1. The van der Waals surface area contributed by atoms with Crippen molar-refractivity contribution < 1.29 is 19.4 Å². The summed E-state index contributed by atoms with van der Waals surface area (Å²) in [6.45, 7) is -0.611. The summed E-state index contributed by atoms with van der Waals surface area (Å²) >= 11 is 10.8. The van der Waals surface area contributed by atoms with E-state index in [1.165, 1.54) is 6.07 Å². The van der Waals surface area contributed by atoms with Crippen LogP contribution < -0.4 is 10.9 Å². The number of halogens is 2. The molecule has 1 amide bonds. The lowest BCUT2D eigenvalue weighted by Crippen LogP contribution is -2.45. The molecule has 118 valence electrons. The van der Waals surface area contributed by atoms with Crippen molar-refractivity contribution in [2.45, 2.75) is 17.0 Å². The Labute approximate surface area is 135 Å². The molecular weight excluding hydrogens is 333 g/mol. The van der Waals surface area contributed by atoms with E-state index in [2.05, 4.69) is 5.32 Å². The number of carbonyl (C=O) groups is 1. The largest absolute Gasteiger partial charge is 0.422 e. The highest BCUT2D eigenvalue weighted by molar-refractivity contribution is 6.53. The van der Waals surface area contributed by atoms with Crippen LogP contribution in [0.15, 0.2) is 39.5 Å². The first-order valence-electron chi connectivity index (χ1n) is 6.34. The van der Waals surface area contributed by atoms with Crippen LogP contribution in [0, 0.1) is 0 Å². The Kier molecular flexibility index (Phi) is 5.42. The molecule has 3 N–H and O–H groups in total. The zero-order valence-electron chi connectivity index (χ0n) is 11.2. The van der Waals surface area contributed by atoms with Crippen molar-refractivity contribution in [3.63, 3.8) is 0 Å². The fraction of sp³-hybridized carbons (Fsp3) is 0.286. The monoisotopic (exact) mass is 345 g/mol. The van der Waals surface area contributed by atoms with Gasteiger partial charge in [0.25, 0.3) is 5.91 Å². The summed E-state index contributed by atoms with van der Waals surface area (Å²) in [5, 5.41) is 22.4. The molecule has 0 fully saturated rings. The number of aliphatic hydroxyl groups is 2. The van der Waals surface area contributed by atoms with Crippen LogP contribution in [0.5, 0.6) is 0 Å². The molecule has 2 atom stereocenters. The molecule has 8 heteroatoms. The molecule has 1 heterocycles. The molecule has 0 radical (unpaired) electrons. The number of nitrogens with one attached hydrogen (secondary N) is 1. The van der Waals surface area contributed by atoms with Crippen molar-refractivity contribution in [1.82, 2.24) is 5.32 Å². The van der Waals surface area contributed by atoms with Crippen LogP contribution in [-0.4, -0.2) is 33.6 Å². The Balaban J connectivity index is 2.34. The maximum absolute atomic E-state index is 11.9. The quantitative estimate of drug-likeness (QED) is 0.556. The van der Waals surface area contributed by atoms with Crippen LogP contribution >= 0.6 is 23.2 Å². The minimum atomic E-state index is -1.47. The van der Waals surface area contributed by atoms with Gasteiger partial charge in [0.2, 0.25) is 0 Å². The molecule has 0 saturated heterocycles. The number of rotatable bonds is 5. The van der Waals surface area contributed by atoms with E-state index in [0.29, 0.717) is 11.0 Å².